The first-order chi connectivity index (χ1) is 8.99. The normalized spacial score (nSPS) is 19.6. The second-order valence-corrected chi connectivity index (χ2v) is 6.35. The van der Waals surface area contributed by atoms with E-state index in [4.69, 9.17) is 0 Å². The lowest BCUT2D eigenvalue weighted by atomic mass is 9.97. The van der Waals surface area contributed by atoms with E-state index in [2.05, 4.69) is 36.4 Å². The highest BCUT2D eigenvalue weighted by atomic mass is 16.2. The molecule has 1 unspecified atom stereocenters. The average molecular weight is 269 g/mol. The lowest BCUT2D eigenvalue weighted by Gasteiger charge is -2.29. The van der Waals surface area contributed by atoms with E-state index >= 15 is 0 Å². The second kappa shape index (κ2) is 8.54. The molecule has 112 valence electrons. The molecule has 1 amide bonds. The highest BCUT2D eigenvalue weighted by Gasteiger charge is 2.18. The standard InChI is InChI=1S/C15H31N3O/c1-12(2)5-8-16-15(19)13(3)17-11-14-6-9-18(4)10-7-14/h12-14,17H,5-11H2,1-4H3,(H,16,19). The molecule has 19 heavy (non-hydrogen) atoms. The molecule has 0 radical (unpaired) electrons. The minimum absolute atomic E-state index is 0.0770. The Kier molecular flexibility index (Phi) is 7.39. The molecule has 0 aromatic rings. The van der Waals surface area contributed by atoms with Crippen molar-refractivity contribution in [1.29, 1.82) is 0 Å². The average Bonchev–Trinajstić information content (AvgIpc) is 2.37. The Labute approximate surface area is 118 Å². The first kappa shape index (κ1) is 16.4. The van der Waals surface area contributed by atoms with Gasteiger partial charge in [0.1, 0.15) is 0 Å². The third kappa shape index (κ3) is 6.92. The zero-order valence-corrected chi connectivity index (χ0v) is 13.0. The monoisotopic (exact) mass is 269 g/mol. The molecule has 1 aliphatic rings. The summed E-state index contributed by atoms with van der Waals surface area (Å²) >= 11 is 0. The van der Waals surface area contributed by atoms with Crippen molar-refractivity contribution in [2.45, 2.75) is 46.1 Å². The van der Waals surface area contributed by atoms with Gasteiger partial charge in [-0.2, -0.15) is 0 Å². The van der Waals surface area contributed by atoms with Crippen molar-refractivity contribution in [3.05, 3.63) is 0 Å². The van der Waals surface area contributed by atoms with Gasteiger partial charge in [0.2, 0.25) is 5.91 Å². The number of rotatable bonds is 7. The highest BCUT2D eigenvalue weighted by Crippen LogP contribution is 2.14. The molecule has 2 N–H and O–H groups in total. The summed E-state index contributed by atoms with van der Waals surface area (Å²) in [6.07, 6.45) is 3.53. The molecular weight excluding hydrogens is 238 g/mol. The molecule has 0 aromatic carbocycles. The van der Waals surface area contributed by atoms with Crippen LogP contribution < -0.4 is 10.6 Å². The van der Waals surface area contributed by atoms with Gasteiger partial charge in [0.05, 0.1) is 6.04 Å². The topological polar surface area (TPSA) is 44.4 Å². The van der Waals surface area contributed by atoms with Crippen molar-refractivity contribution in [2.75, 3.05) is 33.2 Å². The van der Waals surface area contributed by atoms with Gasteiger partial charge < -0.3 is 15.5 Å². The lowest BCUT2D eigenvalue weighted by Crippen LogP contribution is -2.45. The summed E-state index contributed by atoms with van der Waals surface area (Å²) in [4.78, 5) is 14.2. The van der Waals surface area contributed by atoms with Crippen LogP contribution in [-0.2, 0) is 4.79 Å². The van der Waals surface area contributed by atoms with Crippen LogP contribution in [0.15, 0.2) is 0 Å². The Morgan fingerprint density at radius 1 is 1.26 bits per heavy atom. The van der Waals surface area contributed by atoms with Crippen LogP contribution in [-0.4, -0.2) is 50.1 Å². The van der Waals surface area contributed by atoms with Crippen molar-refractivity contribution >= 4 is 5.91 Å². The molecule has 0 aromatic heterocycles. The van der Waals surface area contributed by atoms with Gasteiger partial charge in [-0.15, -0.1) is 0 Å². The van der Waals surface area contributed by atoms with Gasteiger partial charge in [-0.25, -0.2) is 0 Å². The molecule has 1 rings (SSSR count). The number of nitrogens with zero attached hydrogens (tertiary/aromatic N) is 1. The zero-order chi connectivity index (χ0) is 14.3. The van der Waals surface area contributed by atoms with E-state index in [-0.39, 0.29) is 11.9 Å². The van der Waals surface area contributed by atoms with Crippen LogP contribution in [0.4, 0.5) is 0 Å². The molecule has 1 aliphatic heterocycles. The molecule has 1 fully saturated rings. The first-order valence-electron chi connectivity index (χ1n) is 7.68. The molecule has 0 saturated carbocycles. The maximum absolute atomic E-state index is 11.9. The minimum Gasteiger partial charge on any atom is -0.355 e. The Morgan fingerprint density at radius 3 is 2.47 bits per heavy atom. The quantitative estimate of drug-likeness (QED) is 0.735. The molecule has 1 heterocycles. The summed E-state index contributed by atoms with van der Waals surface area (Å²) < 4.78 is 0. The van der Waals surface area contributed by atoms with E-state index < -0.39 is 0 Å². The Bertz CT molecular complexity index is 260. The largest absolute Gasteiger partial charge is 0.355 e. The van der Waals surface area contributed by atoms with E-state index in [1.807, 2.05) is 6.92 Å². The molecule has 1 saturated heterocycles. The Hall–Kier alpha value is -0.610. The summed E-state index contributed by atoms with van der Waals surface area (Å²) in [5.41, 5.74) is 0. The predicted molar refractivity (Wildman–Crippen MR) is 80.2 cm³/mol. The van der Waals surface area contributed by atoms with Gasteiger partial charge in [0.25, 0.3) is 0 Å². The summed E-state index contributed by atoms with van der Waals surface area (Å²) in [6.45, 7) is 10.4. The SMILES string of the molecule is CC(C)CCNC(=O)C(C)NCC1CCN(C)CC1. The van der Waals surface area contributed by atoms with E-state index in [1.54, 1.807) is 0 Å². The third-order valence-electron chi connectivity index (χ3n) is 3.97. The van der Waals surface area contributed by atoms with E-state index in [0.29, 0.717) is 5.92 Å². The van der Waals surface area contributed by atoms with E-state index in [0.717, 1.165) is 25.4 Å². The number of hydrogen-bond acceptors (Lipinski definition) is 3. The number of amides is 1. The maximum atomic E-state index is 11.9. The molecule has 1 atom stereocenters. The summed E-state index contributed by atoms with van der Waals surface area (Å²) in [5, 5.41) is 6.37. The number of piperidine rings is 1. The Morgan fingerprint density at radius 2 is 1.89 bits per heavy atom. The lowest BCUT2D eigenvalue weighted by molar-refractivity contribution is -0.122. The highest BCUT2D eigenvalue weighted by molar-refractivity contribution is 5.81. The molecule has 0 aliphatic carbocycles. The van der Waals surface area contributed by atoms with Crippen molar-refractivity contribution < 1.29 is 4.79 Å². The smallest absolute Gasteiger partial charge is 0.236 e. The van der Waals surface area contributed by atoms with Crippen molar-refractivity contribution in [3.63, 3.8) is 0 Å². The maximum Gasteiger partial charge on any atom is 0.236 e. The number of carbonyl (C=O) groups excluding carboxylic acids is 1. The summed E-state index contributed by atoms with van der Waals surface area (Å²) in [7, 11) is 2.18. The van der Waals surface area contributed by atoms with E-state index in [9.17, 15) is 4.79 Å². The fourth-order valence-corrected chi connectivity index (χ4v) is 2.34. The fraction of sp³-hybridized carbons (Fsp3) is 0.933. The van der Waals surface area contributed by atoms with E-state index in [1.165, 1.54) is 25.9 Å². The molecule has 0 spiro atoms. The van der Waals surface area contributed by atoms with Gasteiger partial charge in [-0.3, -0.25) is 4.79 Å². The van der Waals surface area contributed by atoms with Crippen LogP contribution in [0.5, 0.6) is 0 Å². The van der Waals surface area contributed by atoms with Crippen LogP contribution in [0.1, 0.15) is 40.0 Å². The van der Waals surface area contributed by atoms with Gasteiger partial charge in [0, 0.05) is 6.54 Å². The zero-order valence-electron chi connectivity index (χ0n) is 13.0. The van der Waals surface area contributed by atoms with Crippen molar-refractivity contribution in [3.8, 4) is 0 Å². The van der Waals surface area contributed by atoms with Crippen LogP contribution in [0.3, 0.4) is 0 Å². The first-order valence-corrected chi connectivity index (χ1v) is 7.68. The van der Waals surface area contributed by atoms with Gasteiger partial charge in [-0.05, 0) is 64.7 Å². The number of hydrogen-bond donors (Lipinski definition) is 2. The fourth-order valence-electron chi connectivity index (χ4n) is 2.34. The van der Waals surface area contributed by atoms with Crippen molar-refractivity contribution in [1.82, 2.24) is 15.5 Å². The predicted octanol–water partition coefficient (Wildman–Crippen LogP) is 1.47. The minimum atomic E-state index is -0.0770. The molecule has 4 heteroatoms. The number of carbonyl (C=O) groups is 1. The molecule has 4 nitrogen and oxygen atoms in total. The number of likely N-dealkylation sites (tertiary alicyclic amines) is 1. The molecular formula is C15H31N3O. The van der Waals surface area contributed by atoms with Crippen molar-refractivity contribution in [2.24, 2.45) is 11.8 Å². The molecule has 0 bridgehead atoms. The summed E-state index contributed by atoms with van der Waals surface area (Å²) in [5.74, 6) is 1.50. The van der Waals surface area contributed by atoms with Crippen LogP contribution in [0.25, 0.3) is 0 Å². The van der Waals surface area contributed by atoms with Crippen LogP contribution in [0, 0.1) is 11.8 Å². The van der Waals surface area contributed by atoms with Gasteiger partial charge in [0.15, 0.2) is 0 Å². The van der Waals surface area contributed by atoms with Gasteiger partial charge >= 0.3 is 0 Å². The Balaban J connectivity index is 2.12. The van der Waals surface area contributed by atoms with Gasteiger partial charge in [-0.1, -0.05) is 13.8 Å². The summed E-state index contributed by atoms with van der Waals surface area (Å²) in [6, 6.07) is -0.0770. The van der Waals surface area contributed by atoms with Crippen LogP contribution >= 0.6 is 0 Å². The number of nitrogens with one attached hydrogen (secondary N) is 2. The van der Waals surface area contributed by atoms with Crippen LogP contribution in [0.2, 0.25) is 0 Å². The second-order valence-electron chi connectivity index (χ2n) is 6.35. The third-order valence-corrected chi connectivity index (χ3v) is 3.97.